The SMILES string of the molecule is COc1ccc(Cl)cc1S(=O)(=O)NCCN(Cc1cccnc1)C(C)=O. The molecule has 1 aromatic heterocycles. The number of pyridine rings is 1. The molecule has 9 heteroatoms. The Hall–Kier alpha value is -2.16. The van der Waals surface area contributed by atoms with E-state index in [1.807, 2.05) is 6.07 Å². The fraction of sp³-hybridized carbons (Fsp3) is 0.294. The van der Waals surface area contributed by atoms with Crippen LogP contribution in [0.5, 0.6) is 5.75 Å². The Bertz CT molecular complexity index is 860. The van der Waals surface area contributed by atoms with Crippen LogP contribution in [-0.4, -0.2) is 44.4 Å². The van der Waals surface area contributed by atoms with Crippen LogP contribution in [-0.2, 0) is 21.4 Å². The summed E-state index contributed by atoms with van der Waals surface area (Å²) in [5, 5.41) is 0.285. The van der Waals surface area contributed by atoms with Crippen molar-refractivity contribution in [2.24, 2.45) is 0 Å². The molecule has 0 saturated heterocycles. The lowest BCUT2D eigenvalue weighted by Crippen LogP contribution is -2.37. The average molecular weight is 398 g/mol. The molecular formula is C17H20ClN3O4S. The second-order valence-electron chi connectivity index (χ2n) is 5.49. The van der Waals surface area contributed by atoms with Crippen molar-refractivity contribution < 1.29 is 17.9 Å². The molecule has 1 aromatic carbocycles. The lowest BCUT2D eigenvalue weighted by molar-refractivity contribution is -0.129. The molecule has 1 amide bonds. The Morgan fingerprint density at radius 1 is 1.35 bits per heavy atom. The summed E-state index contributed by atoms with van der Waals surface area (Å²) in [7, 11) is -2.45. The van der Waals surface area contributed by atoms with Crippen LogP contribution in [0.15, 0.2) is 47.6 Å². The highest BCUT2D eigenvalue weighted by Gasteiger charge is 2.20. The Morgan fingerprint density at radius 3 is 2.73 bits per heavy atom. The maximum absolute atomic E-state index is 12.5. The van der Waals surface area contributed by atoms with Gasteiger partial charge in [-0.3, -0.25) is 9.78 Å². The van der Waals surface area contributed by atoms with Crippen molar-refractivity contribution in [3.8, 4) is 5.75 Å². The van der Waals surface area contributed by atoms with Gasteiger partial charge in [-0.05, 0) is 29.8 Å². The molecule has 0 atom stereocenters. The predicted octanol–water partition coefficient (Wildman–Crippen LogP) is 2.07. The van der Waals surface area contributed by atoms with Gasteiger partial charge in [0, 0.05) is 44.0 Å². The molecule has 2 aromatic rings. The van der Waals surface area contributed by atoms with Crippen molar-refractivity contribution in [3.63, 3.8) is 0 Å². The molecule has 0 bridgehead atoms. The number of methoxy groups -OCH3 is 1. The Kier molecular flexibility index (Phi) is 6.96. The Balaban J connectivity index is 2.04. The van der Waals surface area contributed by atoms with Crippen LogP contribution < -0.4 is 9.46 Å². The van der Waals surface area contributed by atoms with Gasteiger partial charge < -0.3 is 9.64 Å². The van der Waals surface area contributed by atoms with Crippen molar-refractivity contribution in [2.75, 3.05) is 20.2 Å². The zero-order valence-corrected chi connectivity index (χ0v) is 16.0. The van der Waals surface area contributed by atoms with Gasteiger partial charge in [-0.1, -0.05) is 17.7 Å². The van der Waals surface area contributed by atoms with Gasteiger partial charge in [-0.25, -0.2) is 13.1 Å². The molecule has 0 aliphatic carbocycles. The van der Waals surface area contributed by atoms with E-state index in [-0.39, 0.29) is 34.7 Å². The molecule has 2 rings (SSSR count). The van der Waals surface area contributed by atoms with E-state index in [9.17, 15) is 13.2 Å². The van der Waals surface area contributed by atoms with Crippen LogP contribution in [0, 0.1) is 0 Å². The van der Waals surface area contributed by atoms with Gasteiger partial charge in [0.15, 0.2) is 0 Å². The molecule has 140 valence electrons. The van der Waals surface area contributed by atoms with Gasteiger partial charge >= 0.3 is 0 Å². The number of halogens is 1. The number of hydrogen-bond acceptors (Lipinski definition) is 5. The number of nitrogens with zero attached hydrogens (tertiary/aromatic N) is 2. The van der Waals surface area contributed by atoms with Gasteiger partial charge in [0.1, 0.15) is 10.6 Å². The number of carbonyl (C=O) groups is 1. The summed E-state index contributed by atoms with van der Waals surface area (Å²) in [6.07, 6.45) is 3.31. The average Bonchev–Trinajstić information content (AvgIpc) is 2.61. The first-order valence-electron chi connectivity index (χ1n) is 7.81. The summed E-state index contributed by atoms with van der Waals surface area (Å²) < 4.78 is 32.6. The zero-order chi connectivity index (χ0) is 19.2. The van der Waals surface area contributed by atoms with E-state index in [1.165, 1.54) is 31.1 Å². The first kappa shape index (κ1) is 20.2. The molecule has 0 saturated carbocycles. The minimum Gasteiger partial charge on any atom is -0.495 e. The van der Waals surface area contributed by atoms with Crippen LogP contribution >= 0.6 is 11.6 Å². The molecule has 0 radical (unpaired) electrons. The quantitative estimate of drug-likeness (QED) is 0.736. The molecule has 1 N–H and O–H groups in total. The second-order valence-corrected chi connectivity index (χ2v) is 7.67. The van der Waals surface area contributed by atoms with Crippen molar-refractivity contribution in [1.82, 2.24) is 14.6 Å². The largest absolute Gasteiger partial charge is 0.495 e. The number of benzene rings is 1. The number of aromatic nitrogens is 1. The lowest BCUT2D eigenvalue weighted by Gasteiger charge is -2.21. The Morgan fingerprint density at radius 2 is 2.12 bits per heavy atom. The van der Waals surface area contributed by atoms with E-state index in [2.05, 4.69) is 9.71 Å². The molecule has 0 spiro atoms. The molecule has 0 aliphatic heterocycles. The van der Waals surface area contributed by atoms with Crippen LogP contribution in [0.25, 0.3) is 0 Å². The van der Waals surface area contributed by atoms with E-state index in [1.54, 1.807) is 24.5 Å². The molecule has 7 nitrogen and oxygen atoms in total. The van der Waals surface area contributed by atoms with Crippen LogP contribution in [0.4, 0.5) is 0 Å². The first-order chi connectivity index (χ1) is 12.3. The van der Waals surface area contributed by atoms with E-state index >= 15 is 0 Å². The monoisotopic (exact) mass is 397 g/mol. The minimum absolute atomic E-state index is 0.0471. The summed E-state index contributed by atoms with van der Waals surface area (Å²) in [5.41, 5.74) is 0.863. The number of ether oxygens (including phenoxy) is 1. The first-order valence-corrected chi connectivity index (χ1v) is 9.67. The van der Waals surface area contributed by atoms with Gasteiger partial charge in [-0.2, -0.15) is 0 Å². The summed E-state index contributed by atoms with van der Waals surface area (Å²) in [6, 6.07) is 7.98. The number of sulfonamides is 1. The molecule has 26 heavy (non-hydrogen) atoms. The van der Waals surface area contributed by atoms with Crippen molar-refractivity contribution >= 4 is 27.5 Å². The van der Waals surface area contributed by atoms with Crippen LogP contribution in [0.3, 0.4) is 0 Å². The summed E-state index contributed by atoms with van der Waals surface area (Å²) >= 11 is 5.89. The molecule has 1 heterocycles. The van der Waals surface area contributed by atoms with E-state index < -0.39 is 10.0 Å². The van der Waals surface area contributed by atoms with Crippen molar-refractivity contribution in [2.45, 2.75) is 18.4 Å². The third-order valence-electron chi connectivity index (χ3n) is 3.63. The summed E-state index contributed by atoms with van der Waals surface area (Å²) in [4.78, 5) is 17.3. The summed E-state index contributed by atoms with van der Waals surface area (Å²) in [6.45, 7) is 2.06. The number of nitrogens with one attached hydrogen (secondary N) is 1. The van der Waals surface area contributed by atoms with Crippen molar-refractivity contribution in [3.05, 3.63) is 53.3 Å². The highest BCUT2D eigenvalue weighted by atomic mass is 35.5. The normalized spacial score (nSPS) is 11.2. The fourth-order valence-corrected chi connectivity index (χ4v) is 3.76. The number of rotatable bonds is 8. The van der Waals surface area contributed by atoms with Gasteiger partial charge in [0.05, 0.1) is 7.11 Å². The maximum Gasteiger partial charge on any atom is 0.244 e. The molecular weight excluding hydrogens is 378 g/mol. The standard InChI is InChI=1S/C17H20ClN3O4S/c1-13(22)21(12-14-4-3-7-19-11-14)9-8-20-26(23,24)17-10-15(18)5-6-16(17)25-2/h3-7,10-11,20H,8-9,12H2,1-2H3. The lowest BCUT2D eigenvalue weighted by atomic mass is 10.2. The molecule has 0 fully saturated rings. The van der Waals surface area contributed by atoms with Crippen LogP contribution in [0.2, 0.25) is 5.02 Å². The third kappa shape index (κ3) is 5.42. The second kappa shape index (κ2) is 8.98. The predicted molar refractivity (Wildman–Crippen MR) is 98.5 cm³/mol. The Labute approximate surface area is 158 Å². The molecule has 0 unspecified atom stereocenters. The van der Waals surface area contributed by atoms with Crippen LogP contribution in [0.1, 0.15) is 12.5 Å². The van der Waals surface area contributed by atoms with Crippen molar-refractivity contribution in [1.29, 1.82) is 0 Å². The topological polar surface area (TPSA) is 88.6 Å². The number of hydrogen-bond donors (Lipinski definition) is 1. The smallest absolute Gasteiger partial charge is 0.244 e. The number of amides is 1. The van der Waals surface area contributed by atoms with E-state index in [4.69, 9.17) is 16.3 Å². The van der Waals surface area contributed by atoms with E-state index in [0.29, 0.717) is 6.54 Å². The zero-order valence-electron chi connectivity index (χ0n) is 14.5. The van der Waals surface area contributed by atoms with Gasteiger partial charge in [0.2, 0.25) is 15.9 Å². The van der Waals surface area contributed by atoms with Gasteiger partial charge in [0.25, 0.3) is 0 Å². The summed E-state index contributed by atoms with van der Waals surface area (Å²) in [5.74, 6) is 0.0362. The highest BCUT2D eigenvalue weighted by Crippen LogP contribution is 2.26. The maximum atomic E-state index is 12.5. The third-order valence-corrected chi connectivity index (χ3v) is 5.35. The minimum atomic E-state index is -3.83. The molecule has 0 aliphatic rings. The van der Waals surface area contributed by atoms with Gasteiger partial charge in [-0.15, -0.1) is 0 Å². The highest BCUT2D eigenvalue weighted by molar-refractivity contribution is 7.89. The van der Waals surface area contributed by atoms with E-state index in [0.717, 1.165) is 5.56 Å². The fourth-order valence-electron chi connectivity index (χ4n) is 2.31. The number of carbonyl (C=O) groups excluding carboxylic acids is 1.